The molecule has 0 saturated carbocycles. The number of thiazole rings is 1. The van der Waals surface area contributed by atoms with Crippen molar-refractivity contribution in [2.45, 2.75) is 13.3 Å². The number of nitriles is 1. The smallest absolute Gasteiger partial charge is 0.246 e. The average Bonchev–Trinajstić information content (AvgIpc) is 3.20. The monoisotopic (exact) mass is 399 g/mol. The van der Waals surface area contributed by atoms with Gasteiger partial charge < -0.3 is 14.4 Å². The summed E-state index contributed by atoms with van der Waals surface area (Å²) >= 11 is 1.54. The van der Waals surface area contributed by atoms with E-state index in [2.05, 4.69) is 20.4 Å². The molecule has 8 nitrogen and oxygen atoms in total. The minimum Gasteiger partial charge on any atom is -0.479 e. The molecule has 0 bridgehead atoms. The maximum atomic E-state index is 12.2. The van der Waals surface area contributed by atoms with Crippen LogP contribution in [0.2, 0.25) is 0 Å². The number of ether oxygens (including phenoxy) is 2. The van der Waals surface area contributed by atoms with Crippen LogP contribution in [-0.4, -0.2) is 49.5 Å². The normalized spacial score (nSPS) is 14.4. The lowest BCUT2D eigenvalue weighted by Gasteiger charge is -2.26. The number of hydrogen-bond acceptors (Lipinski definition) is 8. The lowest BCUT2D eigenvalue weighted by atomic mass is 10.1. The summed E-state index contributed by atoms with van der Waals surface area (Å²) in [5, 5.41) is 15.5. The van der Waals surface area contributed by atoms with Crippen molar-refractivity contribution in [3.05, 3.63) is 40.9 Å². The maximum Gasteiger partial charge on any atom is 0.246 e. The zero-order valence-corrected chi connectivity index (χ0v) is 16.4. The highest BCUT2D eigenvalue weighted by atomic mass is 32.1. The number of amides is 1. The molecule has 146 valence electrons. The van der Waals surface area contributed by atoms with E-state index >= 15 is 0 Å². The quantitative estimate of drug-likeness (QED) is 0.564. The van der Waals surface area contributed by atoms with E-state index < -0.39 is 0 Å². The van der Waals surface area contributed by atoms with Crippen molar-refractivity contribution in [3.8, 4) is 11.8 Å². The van der Waals surface area contributed by atoms with Gasteiger partial charge in [0.2, 0.25) is 5.91 Å². The van der Waals surface area contributed by atoms with Crippen LogP contribution < -0.4 is 15.1 Å². The van der Waals surface area contributed by atoms with Gasteiger partial charge in [-0.15, -0.1) is 11.3 Å². The third-order valence-electron chi connectivity index (χ3n) is 4.09. The minimum absolute atomic E-state index is 0.00630. The number of carbonyl (C=O) groups is 1. The number of hydrazone groups is 1. The van der Waals surface area contributed by atoms with Gasteiger partial charge >= 0.3 is 0 Å². The Morgan fingerprint density at radius 2 is 2.14 bits per heavy atom. The number of morpholine rings is 1. The summed E-state index contributed by atoms with van der Waals surface area (Å²) in [5.41, 5.74) is 4.83. The Balaban J connectivity index is 1.51. The highest BCUT2D eigenvalue weighted by Crippen LogP contribution is 2.21. The summed E-state index contributed by atoms with van der Waals surface area (Å²) in [4.78, 5) is 18.9. The summed E-state index contributed by atoms with van der Waals surface area (Å²) < 4.78 is 10.6. The Morgan fingerprint density at radius 1 is 1.39 bits per heavy atom. The molecule has 2 aromatic rings. The summed E-state index contributed by atoms with van der Waals surface area (Å²) in [6.07, 6.45) is 0.179. The molecular weight excluding hydrogens is 378 g/mol. The van der Waals surface area contributed by atoms with Crippen LogP contribution in [0.3, 0.4) is 0 Å². The number of benzene rings is 1. The van der Waals surface area contributed by atoms with Crippen LogP contribution in [-0.2, 0) is 16.0 Å². The zero-order chi connectivity index (χ0) is 19.8. The predicted molar refractivity (Wildman–Crippen MR) is 107 cm³/mol. The second kappa shape index (κ2) is 9.82. The van der Waals surface area contributed by atoms with E-state index in [0.717, 1.165) is 29.5 Å². The lowest BCUT2D eigenvalue weighted by Crippen LogP contribution is -2.36. The second-order valence-electron chi connectivity index (χ2n) is 6.10. The standard InChI is InChI=1S/C19H21N5O3S/c1-14(15-2-4-17(5-3-15)27-9-6-20)22-23-18(25)12-16-13-28-19(21-16)24-7-10-26-11-8-24/h2-5,13H,7-12H2,1H3,(H,23,25)/b22-14-. The summed E-state index contributed by atoms with van der Waals surface area (Å²) in [6, 6.07) is 9.09. The van der Waals surface area contributed by atoms with Gasteiger partial charge in [0.15, 0.2) is 11.7 Å². The van der Waals surface area contributed by atoms with Crippen molar-refractivity contribution in [1.82, 2.24) is 10.4 Å². The first-order chi connectivity index (χ1) is 13.7. The van der Waals surface area contributed by atoms with Crippen molar-refractivity contribution in [2.24, 2.45) is 5.10 Å². The first kappa shape index (κ1) is 19.8. The molecule has 0 unspecified atom stereocenters. The fraction of sp³-hybridized carbons (Fsp3) is 0.368. The topological polar surface area (TPSA) is 99.8 Å². The van der Waals surface area contributed by atoms with Gasteiger partial charge in [-0.2, -0.15) is 10.4 Å². The minimum atomic E-state index is -0.216. The van der Waals surface area contributed by atoms with Gasteiger partial charge in [-0.25, -0.2) is 10.4 Å². The number of aromatic nitrogens is 1. The van der Waals surface area contributed by atoms with Gasteiger partial charge in [-0.3, -0.25) is 4.79 Å². The molecule has 1 amide bonds. The van der Waals surface area contributed by atoms with Crippen molar-refractivity contribution >= 4 is 28.1 Å². The molecule has 0 radical (unpaired) electrons. The van der Waals surface area contributed by atoms with Gasteiger partial charge in [0.1, 0.15) is 11.8 Å². The van der Waals surface area contributed by atoms with E-state index in [0.29, 0.717) is 24.7 Å². The van der Waals surface area contributed by atoms with E-state index in [1.807, 2.05) is 30.5 Å². The highest BCUT2D eigenvalue weighted by Gasteiger charge is 2.15. The SMILES string of the molecule is C/C(=N/NC(=O)Cc1csc(N2CCOCC2)n1)c1ccc(OCC#N)cc1. The molecule has 9 heteroatoms. The Hall–Kier alpha value is -2.96. The van der Waals surface area contributed by atoms with E-state index in [-0.39, 0.29) is 18.9 Å². The summed E-state index contributed by atoms with van der Waals surface area (Å²) in [5.74, 6) is 0.397. The number of nitrogens with one attached hydrogen (secondary N) is 1. The fourth-order valence-corrected chi connectivity index (χ4v) is 3.48. The molecule has 0 atom stereocenters. The third kappa shape index (κ3) is 5.52. The molecule has 3 rings (SSSR count). The van der Waals surface area contributed by atoms with E-state index in [1.54, 1.807) is 12.1 Å². The van der Waals surface area contributed by atoms with Crippen molar-refractivity contribution in [3.63, 3.8) is 0 Å². The Morgan fingerprint density at radius 3 is 2.86 bits per heavy atom. The van der Waals surface area contributed by atoms with E-state index in [9.17, 15) is 4.79 Å². The van der Waals surface area contributed by atoms with Crippen LogP contribution >= 0.6 is 11.3 Å². The second-order valence-corrected chi connectivity index (χ2v) is 6.94. The Bertz CT molecular complexity index is 866. The molecule has 28 heavy (non-hydrogen) atoms. The maximum absolute atomic E-state index is 12.2. The number of nitrogens with zero attached hydrogens (tertiary/aromatic N) is 4. The van der Waals surface area contributed by atoms with Gasteiger partial charge in [0.25, 0.3) is 0 Å². The fourth-order valence-electron chi connectivity index (χ4n) is 2.60. The van der Waals surface area contributed by atoms with Crippen LogP contribution in [0.1, 0.15) is 18.2 Å². The average molecular weight is 399 g/mol. The number of carbonyl (C=O) groups excluding carboxylic acids is 1. The largest absolute Gasteiger partial charge is 0.479 e. The van der Waals surface area contributed by atoms with E-state index in [1.165, 1.54) is 11.3 Å². The molecule has 1 aliphatic rings. The van der Waals surface area contributed by atoms with Crippen molar-refractivity contribution in [2.75, 3.05) is 37.8 Å². The molecule has 1 aromatic carbocycles. The first-order valence-corrected chi connectivity index (χ1v) is 9.74. The molecule has 2 heterocycles. The van der Waals surface area contributed by atoms with Gasteiger partial charge in [0.05, 0.1) is 31.0 Å². The molecule has 0 spiro atoms. The number of hydrogen-bond donors (Lipinski definition) is 1. The van der Waals surface area contributed by atoms with Crippen LogP contribution in [0.15, 0.2) is 34.7 Å². The lowest BCUT2D eigenvalue weighted by molar-refractivity contribution is -0.120. The van der Waals surface area contributed by atoms with Gasteiger partial charge in [0, 0.05) is 18.5 Å². The molecule has 0 aliphatic carbocycles. The van der Waals surface area contributed by atoms with Crippen LogP contribution in [0, 0.1) is 11.3 Å². The molecule has 1 aliphatic heterocycles. The highest BCUT2D eigenvalue weighted by molar-refractivity contribution is 7.13. The van der Waals surface area contributed by atoms with Crippen molar-refractivity contribution < 1.29 is 14.3 Å². The summed E-state index contributed by atoms with van der Waals surface area (Å²) in [7, 11) is 0. The number of rotatable bonds is 7. The van der Waals surface area contributed by atoms with E-state index in [4.69, 9.17) is 14.7 Å². The molecule has 1 aromatic heterocycles. The number of anilines is 1. The third-order valence-corrected chi connectivity index (χ3v) is 5.04. The zero-order valence-electron chi connectivity index (χ0n) is 15.6. The molecular formula is C19H21N5O3S. The molecule has 1 fully saturated rings. The molecule has 1 saturated heterocycles. The van der Waals surface area contributed by atoms with Gasteiger partial charge in [-0.1, -0.05) is 0 Å². The van der Waals surface area contributed by atoms with Gasteiger partial charge in [-0.05, 0) is 36.8 Å². The Kier molecular flexibility index (Phi) is 6.94. The van der Waals surface area contributed by atoms with Crippen LogP contribution in [0.25, 0.3) is 0 Å². The van der Waals surface area contributed by atoms with Crippen LogP contribution in [0.5, 0.6) is 5.75 Å². The predicted octanol–water partition coefficient (Wildman–Crippen LogP) is 1.96. The first-order valence-electron chi connectivity index (χ1n) is 8.86. The van der Waals surface area contributed by atoms with Crippen LogP contribution in [0.4, 0.5) is 5.13 Å². The molecule has 1 N–H and O–H groups in total. The summed E-state index contributed by atoms with van der Waals surface area (Å²) in [6.45, 7) is 4.87. The Labute approximate surface area is 167 Å². The van der Waals surface area contributed by atoms with Crippen molar-refractivity contribution in [1.29, 1.82) is 5.26 Å².